The minimum absolute atomic E-state index is 0.366. The number of hydrogen-bond acceptors (Lipinski definition) is 2. The first kappa shape index (κ1) is 18.0. The normalized spacial score (nSPS) is 21.3. The molecule has 0 bridgehead atoms. The van der Waals surface area contributed by atoms with E-state index in [1.807, 2.05) is 0 Å². The molecule has 1 saturated heterocycles. The molecule has 1 N–H and O–H groups in total. The Bertz CT molecular complexity index is 206. The monoisotopic (exact) mass is 284 g/mol. The number of epoxide rings is 1. The summed E-state index contributed by atoms with van der Waals surface area (Å²) < 4.78 is 5.64. The maximum atomic E-state index is 8.68. The van der Waals surface area contributed by atoms with E-state index >= 15 is 0 Å². The predicted octanol–water partition coefficient (Wildman–Crippen LogP) is 5.23. The van der Waals surface area contributed by atoms with Crippen LogP contribution in [0.4, 0.5) is 0 Å². The lowest BCUT2D eigenvalue weighted by Crippen LogP contribution is -1.93. The Morgan fingerprint density at radius 3 is 1.60 bits per heavy atom. The van der Waals surface area contributed by atoms with Crippen molar-refractivity contribution in [1.82, 2.24) is 0 Å². The minimum atomic E-state index is 0.366. The number of aliphatic hydroxyl groups is 1. The Morgan fingerprint density at radius 2 is 1.10 bits per heavy atom. The molecule has 0 radical (unpaired) electrons. The van der Waals surface area contributed by atoms with Crippen molar-refractivity contribution in [3.05, 3.63) is 0 Å². The van der Waals surface area contributed by atoms with Crippen LogP contribution < -0.4 is 0 Å². The lowest BCUT2D eigenvalue weighted by atomic mass is 10.0. The van der Waals surface area contributed by atoms with E-state index in [0.29, 0.717) is 18.8 Å². The molecule has 2 atom stereocenters. The van der Waals surface area contributed by atoms with Crippen molar-refractivity contribution < 1.29 is 9.84 Å². The van der Waals surface area contributed by atoms with E-state index in [1.54, 1.807) is 0 Å². The van der Waals surface area contributed by atoms with Gasteiger partial charge in [0, 0.05) is 6.61 Å². The smallest absolute Gasteiger partial charge is 0.0841 e. The van der Waals surface area contributed by atoms with Gasteiger partial charge in [-0.1, -0.05) is 77.6 Å². The third-order valence-electron chi connectivity index (χ3n) is 4.41. The number of aliphatic hydroxyl groups excluding tert-OH is 1. The van der Waals surface area contributed by atoms with Gasteiger partial charge in [-0.05, 0) is 19.3 Å². The Balaban J connectivity index is 1.67. The zero-order valence-corrected chi connectivity index (χ0v) is 13.6. The number of unbranched alkanes of at least 4 members (excludes halogenated alkanes) is 10. The van der Waals surface area contributed by atoms with Crippen LogP contribution in [0.1, 0.15) is 96.8 Å². The lowest BCUT2D eigenvalue weighted by Gasteiger charge is -2.02. The zero-order chi connectivity index (χ0) is 14.5. The highest BCUT2D eigenvalue weighted by Gasteiger charge is 2.36. The van der Waals surface area contributed by atoms with Gasteiger partial charge in [0.05, 0.1) is 12.2 Å². The summed E-state index contributed by atoms with van der Waals surface area (Å²) in [5.41, 5.74) is 0. The van der Waals surface area contributed by atoms with E-state index in [4.69, 9.17) is 9.84 Å². The van der Waals surface area contributed by atoms with Crippen LogP contribution in [0.5, 0.6) is 0 Å². The van der Waals surface area contributed by atoms with Gasteiger partial charge in [0.15, 0.2) is 0 Å². The van der Waals surface area contributed by atoms with Gasteiger partial charge < -0.3 is 9.84 Å². The van der Waals surface area contributed by atoms with Gasteiger partial charge in [0.25, 0.3) is 0 Å². The molecule has 120 valence electrons. The van der Waals surface area contributed by atoms with E-state index in [1.165, 1.54) is 83.5 Å². The summed E-state index contributed by atoms with van der Waals surface area (Å²) in [5, 5.41) is 8.68. The van der Waals surface area contributed by atoms with Crippen LogP contribution in [0.3, 0.4) is 0 Å². The maximum Gasteiger partial charge on any atom is 0.0841 e. The van der Waals surface area contributed by atoms with Crippen LogP contribution in [0.25, 0.3) is 0 Å². The maximum absolute atomic E-state index is 8.68. The van der Waals surface area contributed by atoms with Gasteiger partial charge in [0.2, 0.25) is 0 Å². The molecule has 0 amide bonds. The van der Waals surface area contributed by atoms with Crippen LogP contribution in [0.2, 0.25) is 0 Å². The van der Waals surface area contributed by atoms with Crippen molar-refractivity contribution in [2.75, 3.05) is 6.61 Å². The van der Waals surface area contributed by atoms with Crippen molar-refractivity contribution in [2.45, 2.75) is 109 Å². The minimum Gasteiger partial charge on any atom is -0.396 e. The molecule has 0 saturated carbocycles. The van der Waals surface area contributed by atoms with Gasteiger partial charge in [-0.2, -0.15) is 0 Å². The molecule has 2 nitrogen and oxygen atoms in total. The second-order valence-corrected chi connectivity index (χ2v) is 6.40. The van der Waals surface area contributed by atoms with Gasteiger partial charge in [-0.15, -0.1) is 0 Å². The molecule has 1 aliphatic heterocycles. The molecule has 20 heavy (non-hydrogen) atoms. The van der Waals surface area contributed by atoms with Crippen molar-refractivity contribution in [3.8, 4) is 0 Å². The third kappa shape index (κ3) is 9.77. The molecule has 0 spiro atoms. The number of rotatable bonds is 15. The summed E-state index contributed by atoms with van der Waals surface area (Å²) in [6.07, 6.45) is 19.7. The van der Waals surface area contributed by atoms with Gasteiger partial charge in [-0.3, -0.25) is 0 Å². The molecule has 0 aliphatic carbocycles. The van der Waals surface area contributed by atoms with Crippen LogP contribution >= 0.6 is 0 Å². The second-order valence-electron chi connectivity index (χ2n) is 6.40. The molecule has 2 heteroatoms. The standard InChI is InChI=1S/C18H36O2/c1-2-14-17-18(20-17)15-12-10-8-6-4-3-5-7-9-11-13-16-19/h17-19H,2-16H2,1H3. The summed E-state index contributed by atoms with van der Waals surface area (Å²) in [5.74, 6) is 0. The van der Waals surface area contributed by atoms with Crippen LogP contribution in [-0.4, -0.2) is 23.9 Å². The van der Waals surface area contributed by atoms with E-state index in [9.17, 15) is 0 Å². The topological polar surface area (TPSA) is 32.8 Å². The third-order valence-corrected chi connectivity index (χ3v) is 4.41. The number of hydrogen-bond donors (Lipinski definition) is 1. The fraction of sp³-hybridized carbons (Fsp3) is 1.00. The zero-order valence-electron chi connectivity index (χ0n) is 13.6. The Hall–Kier alpha value is -0.0800. The Labute approximate surface area is 126 Å². The highest BCUT2D eigenvalue weighted by atomic mass is 16.6. The van der Waals surface area contributed by atoms with Crippen LogP contribution in [0.15, 0.2) is 0 Å². The molecule has 1 rings (SSSR count). The summed E-state index contributed by atoms with van der Waals surface area (Å²) >= 11 is 0. The first-order chi connectivity index (χ1) is 9.88. The summed E-state index contributed by atoms with van der Waals surface area (Å²) in [6.45, 7) is 2.61. The first-order valence-corrected chi connectivity index (χ1v) is 9.14. The fourth-order valence-corrected chi connectivity index (χ4v) is 3.02. The summed E-state index contributed by atoms with van der Waals surface area (Å²) in [7, 11) is 0. The molecule has 0 aromatic heterocycles. The molecular weight excluding hydrogens is 248 g/mol. The predicted molar refractivity (Wildman–Crippen MR) is 86.1 cm³/mol. The van der Waals surface area contributed by atoms with Crippen molar-refractivity contribution in [1.29, 1.82) is 0 Å². The molecule has 1 fully saturated rings. The first-order valence-electron chi connectivity index (χ1n) is 9.14. The molecule has 0 aromatic carbocycles. The molecule has 1 heterocycles. The van der Waals surface area contributed by atoms with Crippen LogP contribution in [-0.2, 0) is 4.74 Å². The van der Waals surface area contributed by atoms with Crippen molar-refractivity contribution in [3.63, 3.8) is 0 Å². The Morgan fingerprint density at radius 1 is 0.650 bits per heavy atom. The largest absolute Gasteiger partial charge is 0.396 e. The summed E-state index contributed by atoms with van der Waals surface area (Å²) in [4.78, 5) is 0. The highest BCUT2D eigenvalue weighted by Crippen LogP contribution is 2.30. The second kappa shape index (κ2) is 12.6. The average Bonchev–Trinajstić information content (AvgIpc) is 3.19. The van der Waals surface area contributed by atoms with E-state index in [0.717, 1.165) is 6.42 Å². The average molecular weight is 284 g/mol. The van der Waals surface area contributed by atoms with E-state index < -0.39 is 0 Å². The Kier molecular flexibility index (Phi) is 11.4. The van der Waals surface area contributed by atoms with Gasteiger partial charge >= 0.3 is 0 Å². The summed E-state index contributed by atoms with van der Waals surface area (Å²) in [6, 6.07) is 0. The van der Waals surface area contributed by atoms with Crippen LogP contribution in [0, 0.1) is 0 Å². The van der Waals surface area contributed by atoms with E-state index in [2.05, 4.69) is 6.92 Å². The highest BCUT2D eigenvalue weighted by molar-refractivity contribution is 4.83. The molecule has 1 aliphatic rings. The SMILES string of the molecule is CCCC1OC1CCCCCCCCCCCCCO. The van der Waals surface area contributed by atoms with E-state index in [-0.39, 0.29) is 0 Å². The quantitative estimate of drug-likeness (QED) is 0.330. The van der Waals surface area contributed by atoms with Crippen molar-refractivity contribution in [2.24, 2.45) is 0 Å². The molecule has 0 aromatic rings. The molecular formula is C18H36O2. The van der Waals surface area contributed by atoms with Gasteiger partial charge in [0.1, 0.15) is 0 Å². The fourth-order valence-electron chi connectivity index (χ4n) is 3.02. The van der Waals surface area contributed by atoms with Crippen molar-refractivity contribution >= 4 is 0 Å². The number of ether oxygens (including phenoxy) is 1. The molecule has 2 unspecified atom stereocenters. The lowest BCUT2D eigenvalue weighted by molar-refractivity contribution is 0.282. The van der Waals surface area contributed by atoms with Gasteiger partial charge in [-0.25, -0.2) is 0 Å².